The van der Waals surface area contributed by atoms with Gasteiger partial charge in [-0.2, -0.15) is 0 Å². The Morgan fingerprint density at radius 2 is 2.06 bits per heavy atom. The molecular weight excluding hydrogens is 204 g/mol. The molecule has 3 fully saturated rings. The van der Waals surface area contributed by atoms with Crippen LogP contribution in [-0.2, 0) is 9.53 Å². The number of esters is 1. The second kappa shape index (κ2) is 3.73. The van der Waals surface area contributed by atoms with Gasteiger partial charge in [0.2, 0.25) is 0 Å². The van der Waals surface area contributed by atoms with Crippen molar-refractivity contribution in [1.82, 2.24) is 0 Å². The lowest BCUT2D eigenvalue weighted by molar-refractivity contribution is -0.144. The summed E-state index contributed by atoms with van der Waals surface area (Å²) in [6, 6.07) is 0. The fourth-order valence-corrected chi connectivity index (χ4v) is 4.19. The molecule has 1 unspecified atom stereocenters. The highest BCUT2D eigenvalue weighted by Gasteiger charge is 2.54. The van der Waals surface area contributed by atoms with Crippen molar-refractivity contribution in [3.63, 3.8) is 0 Å². The average molecular weight is 224 g/mol. The number of hydrogen-bond acceptors (Lipinski definition) is 3. The van der Waals surface area contributed by atoms with E-state index in [0.29, 0.717) is 11.8 Å². The molecule has 2 saturated carbocycles. The van der Waals surface area contributed by atoms with Gasteiger partial charge in [-0.15, -0.1) is 0 Å². The van der Waals surface area contributed by atoms with Crippen LogP contribution in [0.4, 0.5) is 0 Å². The highest BCUT2D eigenvalue weighted by atomic mass is 16.6. The Kier molecular flexibility index (Phi) is 2.46. The molecule has 0 aromatic heterocycles. The SMILES string of the molecule is C[C@@H]1OC(=O)[C@@H]2CC3CCCC[C@@H]3[C@@H](O)[C@@H]12. The Bertz CT molecular complexity index is 302. The molecule has 2 aliphatic carbocycles. The van der Waals surface area contributed by atoms with E-state index < -0.39 is 0 Å². The zero-order chi connectivity index (χ0) is 11.3. The van der Waals surface area contributed by atoms with Gasteiger partial charge in [-0.25, -0.2) is 0 Å². The molecule has 1 aliphatic heterocycles. The van der Waals surface area contributed by atoms with Gasteiger partial charge in [-0.1, -0.05) is 19.3 Å². The Morgan fingerprint density at radius 3 is 2.88 bits per heavy atom. The molecule has 1 N–H and O–H groups in total. The predicted octanol–water partition coefficient (Wildman–Crippen LogP) is 1.74. The summed E-state index contributed by atoms with van der Waals surface area (Å²) in [5.41, 5.74) is 0. The first-order valence-corrected chi connectivity index (χ1v) is 6.57. The minimum absolute atomic E-state index is 0.0238. The van der Waals surface area contributed by atoms with E-state index in [-0.39, 0.29) is 30.0 Å². The van der Waals surface area contributed by atoms with Crippen molar-refractivity contribution in [3.05, 3.63) is 0 Å². The average Bonchev–Trinajstić information content (AvgIpc) is 2.55. The van der Waals surface area contributed by atoms with Gasteiger partial charge < -0.3 is 9.84 Å². The minimum Gasteiger partial charge on any atom is -0.462 e. The van der Waals surface area contributed by atoms with Gasteiger partial charge in [0, 0.05) is 5.92 Å². The molecule has 90 valence electrons. The van der Waals surface area contributed by atoms with Gasteiger partial charge in [-0.05, 0) is 31.6 Å². The van der Waals surface area contributed by atoms with Crippen LogP contribution in [0.2, 0.25) is 0 Å². The van der Waals surface area contributed by atoms with Crippen molar-refractivity contribution in [2.45, 2.75) is 51.2 Å². The third kappa shape index (κ3) is 1.41. The summed E-state index contributed by atoms with van der Waals surface area (Å²) in [5, 5.41) is 10.4. The molecule has 0 radical (unpaired) electrons. The number of hydrogen-bond donors (Lipinski definition) is 1. The molecule has 1 heterocycles. The summed E-state index contributed by atoms with van der Waals surface area (Å²) >= 11 is 0. The summed E-state index contributed by atoms with van der Waals surface area (Å²) in [4.78, 5) is 11.7. The zero-order valence-corrected chi connectivity index (χ0v) is 9.76. The van der Waals surface area contributed by atoms with Crippen molar-refractivity contribution >= 4 is 5.97 Å². The second-order valence-corrected chi connectivity index (χ2v) is 5.76. The van der Waals surface area contributed by atoms with Crippen LogP contribution < -0.4 is 0 Å². The molecule has 6 atom stereocenters. The van der Waals surface area contributed by atoms with Crippen LogP contribution >= 0.6 is 0 Å². The van der Waals surface area contributed by atoms with Crippen LogP contribution in [0.1, 0.15) is 39.0 Å². The monoisotopic (exact) mass is 224 g/mol. The Morgan fingerprint density at radius 1 is 1.31 bits per heavy atom. The summed E-state index contributed by atoms with van der Waals surface area (Å²) < 4.78 is 5.29. The second-order valence-electron chi connectivity index (χ2n) is 5.76. The van der Waals surface area contributed by atoms with Gasteiger partial charge in [0.25, 0.3) is 0 Å². The quantitative estimate of drug-likeness (QED) is 0.637. The number of aliphatic hydroxyl groups excluding tert-OH is 1. The maximum Gasteiger partial charge on any atom is 0.309 e. The molecule has 1 saturated heterocycles. The first-order valence-electron chi connectivity index (χ1n) is 6.57. The number of aliphatic hydroxyl groups is 1. The summed E-state index contributed by atoms with van der Waals surface area (Å²) in [6.07, 6.45) is 5.37. The largest absolute Gasteiger partial charge is 0.462 e. The van der Waals surface area contributed by atoms with Gasteiger partial charge >= 0.3 is 5.97 Å². The molecule has 3 rings (SSSR count). The van der Waals surface area contributed by atoms with Crippen LogP contribution in [0.3, 0.4) is 0 Å². The van der Waals surface area contributed by atoms with Gasteiger partial charge in [0.1, 0.15) is 6.10 Å². The van der Waals surface area contributed by atoms with Crippen LogP contribution in [0.5, 0.6) is 0 Å². The molecule has 3 heteroatoms. The number of fused-ring (bicyclic) bond motifs is 2. The van der Waals surface area contributed by atoms with E-state index in [1.807, 2.05) is 6.92 Å². The standard InChI is InChI=1S/C13H20O3/c1-7-11-10(13(15)16-7)6-8-4-2-3-5-9(8)12(11)14/h7-12,14H,2-6H2,1H3/t7-,8?,9-,10+,11-,12+/m0/s1. The molecule has 16 heavy (non-hydrogen) atoms. The maximum atomic E-state index is 11.7. The molecule has 0 bridgehead atoms. The van der Waals surface area contributed by atoms with Crippen molar-refractivity contribution in [3.8, 4) is 0 Å². The predicted molar refractivity (Wildman–Crippen MR) is 58.6 cm³/mol. The fourth-order valence-electron chi connectivity index (χ4n) is 4.19. The minimum atomic E-state index is -0.314. The topological polar surface area (TPSA) is 46.5 Å². The normalized spacial score (nSPS) is 51.8. The van der Waals surface area contributed by atoms with E-state index in [1.54, 1.807) is 0 Å². The van der Waals surface area contributed by atoms with Crippen molar-refractivity contribution in [1.29, 1.82) is 0 Å². The summed E-state index contributed by atoms with van der Waals surface area (Å²) in [7, 11) is 0. The lowest BCUT2D eigenvalue weighted by Crippen LogP contribution is -2.47. The van der Waals surface area contributed by atoms with Gasteiger partial charge in [0.05, 0.1) is 12.0 Å². The number of carbonyl (C=O) groups is 1. The lowest BCUT2D eigenvalue weighted by Gasteiger charge is -2.44. The highest BCUT2D eigenvalue weighted by Crippen LogP contribution is 2.49. The van der Waals surface area contributed by atoms with Crippen molar-refractivity contribution < 1.29 is 14.6 Å². The maximum absolute atomic E-state index is 11.7. The lowest BCUT2D eigenvalue weighted by atomic mass is 9.61. The summed E-state index contributed by atoms with van der Waals surface area (Å²) in [6.45, 7) is 1.93. The first-order chi connectivity index (χ1) is 7.68. The smallest absolute Gasteiger partial charge is 0.309 e. The highest BCUT2D eigenvalue weighted by molar-refractivity contribution is 5.75. The van der Waals surface area contributed by atoms with E-state index in [9.17, 15) is 9.90 Å². The third-order valence-corrected chi connectivity index (χ3v) is 4.97. The molecule has 3 nitrogen and oxygen atoms in total. The Balaban J connectivity index is 1.86. The summed E-state index contributed by atoms with van der Waals surface area (Å²) in [5.74, 6) is 0.951. The van der Waals surface area contributed by atoms with E-state index in [4.69, 9.17) is 4.74 Å². The zero-order valence-electron chi connectivity index (χ0n) is 9.76. The van der Waals surface area contributed by atoms with Gasteiger partial charge in [0.15, 0.2) is 0 Å². The molecule has 3 aliphatic rings. The molecule has 0 aromatic carbocycles. The number of carbonyl (C=O) groups excluding carboxylic acids is 1. The fraction of sp³-hybridized carbons (Fsp3) is 0.923. The number of ether oxygens (including phenoxy) is 1. The Labute approximate surface area is 96.2 Å². The third-order valence-electron chi connectivity index (χ3n) is 4.97. The first kappa shape index (κ1) is 10.6. The number of rotatable bonds is 0. The molecule has 0 spiro atoms. The van der Waals surface area contributed by atoms with E-state index in [1.165, 1.54) is 19.3 Å². The molecule has 0 aromatic rings. The van der Waals surface area contributed by atoms with Crippen molar-refractivity contribution in [2.24, 2.45) is 23.7 Å². The van der Waals surface area contributed by atoms with E-state index in [0.717, 1.165) is 12.8 Å². The van der Waals surface area contributed by atoms with E-state index >= 15 is 0 Å². The Hall–Kier alpha value is -0.570. The molecule has 0 amide bonds. The van der Waals surface area contributed by atoms with Crippen LogP contribution in [-0.4, -0.2) is 23.3 Å². The van der Waals surface area contributed by atoms with E-state index in [2.05, 4.69) is 0 Å². The number of cyclic esters (lactones) is 1. The van der Waals surface area contributed by atoms with Crippen LogP contribution in [0.15, 0.2) is 0 Å². The van der Waals surface area contributed by atoms with Crippen LogP contribution in [0, 0.1) is 23.7 Å². The van der Waals surface area contributed by atoms with Gasteiger partial charge in [-0.3, -0.25) is 4.79 Å². The molecular formula is C13H20O3. The van der Waals surface area contributed by atoms with Crippen LogP contribution in [0.25, 0.3) is 0 Å². The van der Waals surface area contributed by atoms with Crippen molar-refractivity contribution in [2.75, 3.05) is 0 Å².